The molecule has 0 heterocycles. The first-order valence-electron chi connectivity index (χ1n) is 6.73. The highest BCUT2D eigenvalue weighted by Gasteiger charge is 2.11. The highest BCUT2D eigenvalue weighted by atomic mass is 32.2. The van der Waals surface area contributed by atoms with Crippen LogP contribution in [0.2, 0.25) is 0 Å². The predicted octanol–water partition coefficient (Wildman–Crippen LogP) is 2.95. The largest absolute Gasteiger partial charge is 0.276 e. The third-order valence-corrected chi connectivity index (χ3v) is 4.39. The van der Waals surface area contributed by atoms with Gasteiger partial charge in [0.2, 0.25) is 0 Å². The van der Waals surface area contributed by atoms with E-state index in [4.69, 9.17) is 0 Å². The molecule has 5 heteroatoms. The van der Waals surface area contributed by atoms with Crippen LogP contribution in [0.3, 0.4) is 0 Å². The van der Waals surface area contributed by atoms with Crippen molar-refractivity contribution in [1.29, 1.82) is 0 Å². The van der Waals surface area contributed by atoms with Crippen LogP contribution in [0.5, 0.6) is 0 Å². The molecule has 0 spiro atoms. The van der Waals surface area contributed by atoms with Crippen LogP contribution in [0.4, 0.5) is 0 Å². The minimum absolute atomic E-state index is 0.197. The fraction of sp³-hybridized carbons (Fsp3) is 0.188. The van der Waals surface area contributed by atoms with Crippen molar-refractivity contribution in [2.75, 3.05) is 0 Å². The highest BCUT2D eigenvalue weighted by molar-refractivity contribution is 7.89. The topological polar surface area (TPSA) is 58.5 Å². The lowest BCUT2D eigenvalue weighted by molar-refractivity contribution is 0.584. The fourth-order valence-corrected chi connectivity index (χ4v) is 2.71. The smallest absolute Gasteiger partial charge is 0.200 e. The molecule has 4 nitrogen and oxygen atoms in total. The maximum absolute atomic E-state index is 12.1. The van der Waals surface area contributed by atoms with Gasteiger partial charge in [0.1, 0.15) is 0 Å². The van der Waals surface area contributed by atoms with Crippen molar-refractivity contribution < 1.29 is 8.42 Å². The zero-order chi connectivity index (χ0) is 15.3. The molecule has 0 unspecified atom stereocenters. The fourth-order valence-electron chi connectivity index (χ4n) is 1.83. The second-order valence-electron chi connectivity index (χ2n) is 4.66. The number of rotatable bonds is 5. The second-order valence-corrected chi connectivity index (χ2v) is 6.32. The zero-order valence-electron chi connectivity index (χ0n) is 12.1. The number of hydrogen-bond donors (Lipinski definition) is 1. The van der Waals surface area contributed by atoms with Crippen molar-refractivity contribution in [3.8, 4) is 0 Å². The SMILES string of the molecule is CCc1ccc(/C(C)=N/NS(=O)(=O)c2ccccc2)cc1. The van der Waals surface area contributed by atoms with E-state index in [0.717, 1.165) is 12.0 Å². The van der Waals surface area contributed by atoms with E-state index in [1.165, 1.54) is 17.7 Å². The van der Waals surface area contributed by atoms with Crippen LogP contribution in [0.25, 0.3) is 0 Å². The van der Waals surface area contributed by atoms with Gasteiger partial charge in [-0.1, -0.05) is 49.4 Å². The summed E-state index contributed by atoms with van der Waals surface area (Å²) in [5, 5.41) is 3.98. The molecule has 0 atom stereocenters. The van der Waals surface area contributed by atoms with E-state index in [1.807, 2.05) is 24.3 Å². The van der Waals surface area contributed by atoms with Gasteiger partial charge in [0.25, 0.3) is 10.0 Å². The van der Waals surface area contributed by atoms with E-state index in [-0.39, 0.29) is 4.90 Å². The maximum atomic E-state index is 12.1. The minimum Gasteiger partial charge on any atom is -0.200 e. The van der Waals surface area contributed by atoms with Gasteiger partial charge in [-0.3, -0.25) is 0 Å². The van der Waals surface area contributed by atoms with Crippen LogP contribution in [-0.4, -0.2) is 14.1 Å². The molecule has 1 N–H and O–H groups in total. The molecule has 21 heavy (non-hydrogen) atoms. The van der Waals surface area contributed by atoms with E-state index in [0.29, 0.717) is 5.71 Å². The Morgan fingerprint density at radius 3 is 2.24 bits per heavy atom. The molecule has 0 aromatic heterocycles. The Bertz CT molecular complexity index is 721. The van der Waals surface area contributed by atoms with E-state index in [2.05, 4.69) is 16.9 Å². The number of sulfonamides is 1. The van der Waals surface area contributed by atoms with Crippen LogP contribution in [0.15, 0.2) is 64.6 Å². The van der Waals surface area contributed by atoms with Gasteiger partial charge < -0.3 is 0 Å². The maximum Gasteiger partial charge on any atom is 0.276 e. The molecule has 0 saturated heterocycles. The van der Waals surface area contributed by atoms with Gasteiger partial charge in [-0.25, -0.2) is 0 Å². The van der Waals surface area contributed by atoms with Gasteiger partial charge in [-0.15, -0.1) is 0 Å². The average Bonchev–Trinajstić information content (AvgIpc) is 2.53. The normalized spacial score (nSPS) is 12.2. The monoisotopic (exact) mass is 302 g/mol. The molecule has 0 radical (unpaired) electrons. The predicted molar refractivity (Wildman–Crippen MR) is 84.8 cm³/mol. The first-order chi connectivity index (χ1) is 10.0. The molecule has 2 aromatic rings. The number of nitrogens with one attached hydrogen (secondary N) is 1. The Morgan fingerprint density at radius 1 is 1.05 bits per heavy atom. The van der Waals surface area contributed by atoms with Gasteiger partial charge in [0.15, 0.2) is 0 Å². The molecule has 0 fully saturated rings. The molecule has 110 valence electrons. The molecule has 0 amide bonds. The van der Waals surface area contributed by atoms with Crippen molar-refractivity contribution in [2.24, 2.45) is 5.10 Å². The summed E-state index contributed by atoms with van der Waals surface area (Å²) in [5.74, 6) is 0. The van der Waals surface area contributed by atoms with Gasteiger partial charge in [-0.2, -0.15) is 18.4 Å². The first kappa shape index (κ1) is 15.3. The Morgan fingerprint density at radius 2 is 1.67 bits per heavy atom. The number of hydrogen-bond acceptors (Lipinski definition) is 3. The molecule has 0 saturated carbocycles. The summed E-state index contributed by atoms with van der Waals surface area (Å²) < 4.78 is 24.1. The third-order valence-electron chi connectivity index (χ3n) is 3.17. The van der Waals surface area contributed by atoms with Gasteiger partial charge in [0.05, 0.1) is 10.6 Å². The summed E-state index contributed by atoms with van der Waals surface area (Å²) in [5.41, 5.74) is 2.75. The van der Waals surface area contributed by atoms with Crippen molar-refractivity contribution >= 4 is 15.7 Å². The Balaban J connectivity index is 2.16. The molecule has 0 aliphatic heterocycles. The van der Waals surface area contributed by atoms with Crippen LogP contribution in [0, 0.1) is 0 Å². The van der Waals surface area contributed by atoms with Crippen molar-refractivity contribution in [1.82, 2.24) is 4.83 Å². The summed E-state index contributed by atoms with van der Waals surface area (Å²) in [4.78, 5) is 2.46. The summed E-state index contributed by atoms with van der Waals surface area (Å²) in [6.45, 7) is 3.86. The van der Waals surface area contributed by atoms with Gasteiger partial charge in [0, 0.05) is 0 Å². The minimum atomic E-state index is -3.61. The molecule has 0 aliphatic rings. The zero-order valence-corrected chi connectivity index (χ0v) is 12.9. The molecule has 2 aromatic carbocycles. The van der Waals surface area contributed by atoms with Gasteiger partial charge in [-0.05, 0) is 36.6 Å². The van der Waals surface area contributed by atoms with Crippen LogP contribution in [-0.2, 0) is 16.4 Å². The number of nitrogens with zero attached hydrogens (tertiary/aromatic N) is 1. The summed E-state index contributed by atoms with van der Waals surface area (Å²) in [6, 6.07) is 16.1. The Kier molecular flexibility index (Phi) is 4.75. The first-order valence-corrected chi connectivity index (χ1v) is 8.21. The average molecular weight is 302 g/mol. The Hall–Kier alpha value is -2.14. The van der Waals surface area contributed by atoms with Crippen molar-refractivity contribution in [2.45, 2.75) is 25.2 Å². The van der Waals surface area contributed by atoms with Gasteiger partial charge >= 0.3 is 0 Å². The standard InChI is InChI=1S/C16H18N2O2S/c1-3-14-9-11-15(12-10-14)13(2)17-18-21(19,20)16-7-5-4-6-8-16/h4-12,18H,3H2,1-2H3/b17-13+. The highest BCUT2D eigenvalue weighted by Crippen LogP contribution is 2.09. The van der Waals surface area contributed by atoms with Crippen molar-refractivity contribution in [3.05, 3.63) is 65.7 Å². The molecule has 0 bridgehead atoms. The third kappa shape index (κ3) is 3.92. The lowest BCUT2D eigenvalue weighted by atomic mass is 10.1. The van der Waals surface area contributed by atoms with E-state index in [9.17, 15) is 8.42 Å². The van der Waals surface area contributed by atoms with E-state index < -0.39 is 10.0 Å². The molecular formula is C16H18N2O2S. The Labute approximate surface area is 125 Å². The summed E-state index contributed by atoms with van der Waals surface area (Å²) in [7, 11) is -3.61. The summed E-state index contributed by atoms with van der Waals surface area (Å²) >= 11 is 0. The van der Waals surface area contributed by atoms with E-state index in [1.54, 1.807) is 25.1 Å². The molecule has 2 rings (SSSR count). The van der Waals surface area contributed by atoms with Crippen LogP contribution < -0.4 is 4.83 Å². The molecule has 0 aliphatic carbocycles. The number of aryl methyl sites for hydroxylation is 1. The number of hydrazone groups is 1. The van der Waals surface area contributed by atoms with Crippen LogP contribution in [0.1, 0.15) is 25.0 Å². The summed E-state index contributed by atoms with van der Waals surface area (Å²) in [6.07, 6.45) is 0.969. The van der Waals surface area contributed by atoms with Crippen LogP contribution >= 0.6 is 0 Å². The lowest BCUT2D eigenvalue weighted by Gasteiger charge is -2.06. The lowest BCUT2D eigenvalue weighted by Crippen LogP contribution is -2.19. The second kappa shape index (κ2) is 6.54. The quantitative estimate of drug-likeness (QED) is 0.682. The van der Waals surface area contributed by atoms with Crippen molar-refractivity contribution in [3.63, 3.8) is 0 Å². The van der Waals surface area contributed by atoms with E-state index >= 15 is 0 Å². The number of benzene rings is 2. The molecular weight excluding hydrogens is 284 g/mol.